The van der Waals surface area contributed by atoms with Gasteiger partial charge in [-0.2, -0.15) is 0 Å². The van der Waals surface area contributed by atoms with Gasteiger partial charge in [0.1, 0.15) is 12.1 Å². The number of carbonyl (C=O) groups is 2. The van der Waals surface area contributed by atoms with Crippen LogP contribution in [0.1, 0.15) is 67.2 Å². The maximum atomic E-state index is 10.4. The number of unbranched alkanes of at least 4 members (excludes halogenated alkanes) is 1. The third kappa shape index (κ3) is 68.5. The molecule has 0 atom stereocenters. The first-order chi connectivity index (χ1) is 12.5. The van der Waals surface area contributed by atoms with Crippen LogP contribution in [0.5, 0.6) is 0 Å². The molecule has 0 spiro atoms. The fourth-order valence-electron chi connectivity index (χ4n) is 1.02. The Morgan fingerprint density at radius 3 is 1.58 bits per heavy atom. The molecule has 0 saturated heterocycles. The molecule has 0 aliphatic carbocycles. The predicted octanol–water partition coefficient (Wildman–Crippen LogP) is 6.25. The van der Waals surface area contributed by atoms with Gasteiger partial charge < -0.3 is 9.59 Å². The molecule has 0 aromatic rings. The molecule has 26 heavy (non-hydrogen) atoms. The summed E-state index contributed by atoms with van der Waals surface area (Å²) >= 11 is 0. The molecule has 144 valence electrons. The number of carbonyl (C=O) groups excluding carboxylic acids is 2. The Kier molecular flexibility index (Phi) is 45.8. The number of terminal acetylenes is 1. The van der Waals surface area contributed by atoms with Gasteiger partial charge in [-0.25, -0.2) is 0 Å². The van der Waals surface area contributed by atoms with Crippen molar-refractivity contribution in [3.63, 3.8) is 0 Å². The third-order valence-corrected chi connectivity index (χ3v) is 2.24. The first kappa shape index (κ1) is 31.2. The minimum atomic E-state index is 0.255. The maximum Gasteiger partial charge on any atom is 0.130 e. The lowest BCUT2D eigenvalue weighted by Gasteiger charge is -1.85. The zero-order valence-electron chi connectivity index (χ0n) is 17.4. The number of allylic oxidation sites excluding steroid dienone is 8. The Labute approximate surface area is 162 Å². The molecule has 0 heterocycles. The summed E-state index contributed by atoms with van der Waals surface area (Å²) in [6, 6.07) is 0. The molecule has 0 fully saturated rings. The van der Waals surface area contributed by atoms with E-state index in [1.807, 2.05) is 76.3 Å². The van der Waals surface area contributed by atoms with Crippen molar-refractivity contribution in [2.75, 3.05) is 0 Å². The van der Waals surface area contributed by atoms with Crippen LogP contribution in [0.4, 0.5) is 0 Å². The van der Waals surface area contributed by atoms with Crippen LogP contribution in [-0.4, -0.2) is 12.1 Å². The largest absolute Gasteiger partial charge is 0.303 e. The van der Waals surface area contributed by atoms with Crippen LogP contribution < -0.4 is 0 Å². The first-order valence-electron chi connectivity index (χ1n) is 8.71. The average molecular weight is 357 g/mol. The van der Waals surface area contributed by atoms with Crippen LogP contribution in [0.25, 0.3) is 0 Å². The highest BCUT2D eigenvalue weighted by Crippen LogP contribution is 1.91. The molecular weight excluding hydrogens is 320 g/mol. The van der Waals surface area contributed by atoms with Crippen LogP contribution >= 0.6 is 0 Å². The average Bonchev–Trinajstić information content (AvgIpc) is 2.63. The summed E-state index contributed by atoms with van der Waals surface area (Å²) in [5, 5.41) is 0. The number of rotatable bonds is 8. The molecule has 0 unspecified atom stereocenters. The molecule has 0 aliphatic rings. The van der Waals surface area contributed by atoms with Gasteiger partial charge >= 0.3 is 0 Å². The van der Waals surface area contributed by atoms with Gasteiger partial charge in [-0.15, -0.1) is 24.2 Å². The Hall–Kier alpha value is -2.58. The summed E-state index contributed by atoms with van der Waals surface area (Å²) in [7, 11) is 0. The highest BCUT2D eigenvalue weighted by Gasteiger charge is 1.86. The summed E-state index contributed by atoms with van der Waals surface area (Å²) in [5.74, 6) is 7.87. The molecule has 0 aliphatic heterocycles. The molecule has 2 heteroatoms. The van der Waals surface area contributed by atoms with E-state index >= 15 is 0 Å². The van der Waals surface area contributed by atoms with Crippen LogP contribution in [-0.2, 0) is 9.59 Å². The van der Waals surface area contributed by atoms with Gasteiger partial charge in [0.05, 0.1) is 0 Å². The second kappa shape index (κ2) is 38.2. The molecule has 0 amide bonds. The Morgan fingerprint density at radius 2 is 1.27 bits per heavy atom. The number of hydrogen-bond acceptors (Lipinski definition) is 2. The zero-order valence-corrected chi connectivity index (χ0v) is 17.4. The molecular formula is C24H36O2. The van der Waals surface area contributed by atoms with Gasteiger partial charge in [-0.1, -0.05) is 48.6 Å². The predicted molar refractivity (Wildman–Crippen MR) is 117 cm³/mol. The lowest BCUT2D eigenvalue weighted by molar-refractivity contribution is -0.117. The molecule has 0 bridgehead atoms. The Bertz CT molecular complexity index is 495. The molecule has 0 N–H and O–H groups in total. The first-order valence-corrected chi connectivity index (χ1v) is 8.71. The van der Waals surface area contributed by atoms with Gasteiger partial charge in [0.15, 0.2) is 0 Å². The summed E-state index contributed by atoms with van der Waals surface area (Å²) in [6.07, 6.45) is 24.3. The molecule has 0 rings (SSSR count). The monoisotopic (exact) mass is 356 g/mol. The summed E-state index contributed by atoms with van der Waals surface area (Å²) in [5.41, 5.74) is 0. The van der Waals surface area contributed by atoms with Crippen molar-refractivity contribution < 1.29 is 9.59 Å². The van der Waals surface area contributed by atoms with Gasteiger partial charge in [-0.3, -0.25) is 0 Å². The van der Waals surface area contributed by atoms with E-state index in [9.17, 15) is 9.59 Å². The van der Waals surface area contributed by atoms with E-state index in [1.165, 1.54) is 0 Å². The smallest absolute Gasteiger partial charge is 0.130 e. The van der Waals surface area contributed by atoms with Crippen LogP contribution in [0.3, 0.4) is 0 Å². The normalized spacial score (nSPS) is 9.12. The van der Waals surface area contributed by atoms with E-state index in [0.29, 0.717) is 12.8 Å². The molecule has 2 nitrogen and oxygen atoms in total. The standard InChI is InChI=1S/C9H14O.C8H12O.C4H6.C3H4/c1-3-4-5-6-7-8-9(2)10;1-2-3-4-5-6-7-8-9;1-3-4-2;1-3-2/h3-6H,7-8H2,1-2H3;2-5,8H,6-7H2,1H3;1-2H3;1H,2H3/b4-3+,6-5-;3-2+,5-4-;;. The molecule has 0 aromatic carbocycles. The second-order valence-electron chi connectivity index (χ2n) is 4.68. The summed E-state index contributed by atoms with van der Waals surface area (Å²) in [6.45, 7) is 10.8. The quantitative estimate of drug-likeness (QED) is 0.223. The Balaban J connectivity index is -0.000000138. The van der Waals surface area contributed by atoms with Crippen molar-refractivity contribution >= 4 is 12.1 Å². The van der Waals surface area contributed by atoms with Crippen molar-refractivity contribution in [2.24, 2.45) is 0 Å². The van der Waals surface area contributed by atoms with Crippen molar-refractivity contribution in [3.05, 3.63) is 48.6 Å². The van der Waals surface area contributed by atoms with Gasteiger partial charge in [-0.05, 0) is 54.4 Å². The lowest BCUT2D eigenvalue weighted by Crippen LogP contribution is -1.85. The summed E-state index contributed by atoms with van der Waals surface area (Å²) < 4.78 is 0. The van der Waals surface area contributed by atoms with E-state index in [0.717, 1.165) is 19.1 Å². The number of ketones is 1. The second-order valence-corrected chi connectivity index (χ2v) is 4.68. The van der Waals surface area contributed by atoms with E-state index in [1.54, 1.807) is 13.8 Å². The lowest BCUT2D eigenvalue weighted by atomic mass is 10.2. The van der Waals surface area contributed by atoms with E-state index < -0.39 is 0 Å². The fraction of sp³-hybridized carbons (Fsp3) is 0.417. The highest BCUT2D eigenvalue weighted by atomic mass is 16.1. The fourth-order valence-corrected chi connectivity index (χ4v) is 1.02. The SMILES string of the molecule is C#CC.C/C=C/C=C\CCC(C)=O.C/C=C/C=C\CCC=O.CC#CC. The minimum Gasteiger partial charge on any atom is -0.303 e. The van der Waals surface area contributed by atoms with Crippen LogP contribution in [0.2, 0.25) is 0 Å². The van der Waals surface area contributed by atoms with Gasteiger partial charge in [0, 0.05) is 12.8 Å². The minimum absolute atomic E-state index is 0.255. The van der Waals surface area contributed by atoms with E-state index in [4.69, 9.17) is 0 Å². The van der Waals surface area contributed by atoms with Crippen molar-refractivity contribution in [3.8, 4) is 24.2 Å². The van der Waals surface area contributed by atoms with Crippen LogP contribution in [0, 0.1) is 24.2 Å². The number of Topliss-reactive ketones (excluding diaryl/α,β-unsaturated/α-hetero) is 1. The molecule has 0 aromatic heterocycles. The van der Waals surface area contributed by atoms with Gasteiger partial charge in [0.25, 0.3) is 0 Å². The third-order valence-electron chi connectivity index (χ3n) is 2.24. The van der Waals surface area contributed by atoms with Crippen molar-refractivity contribution in [1.82, 2.24) is 0 Å². The maximum absolute atomic E-state index is 10.4. The van der Waals surface area contributed by atoms with Gasteiger partial charge in [0.2, 0.25) is 0 Å². The van der Waals surface area contributed by atoms with Crippen LogP contribution in [0.15, 0.2) is 48.6 Å². The molecule has 0 radical (unpaired) electrons. The number of hydrogen-bond donors (Lipinski definition) is 0. The van der Waals surface area contributed by atoms with Crippen molar-refractivity contribution in [2.45, 2.75) is 67.2 Å². The summed E-state index contributed by atoms with van der Waals surface area (Å²) in [4.78, 5) is 20.2. The topological polar surface area (TPSA) is 34.1 Å². The Morgan fingerprint density at radius 1 is 0.846 bits per heavy atom. The molecule has 0 saturated carbocycles. The van der Waals surface area contributed by atoms with E-state index in [2.05, 4.69) is 24.2 Å². The number of aldehydes is 1. The van der Waals surface area contributed by atoms with Crippen molar-refractivity contribution in [1.29, 1.82) is 0 Å². The highest BCUT2D eigenvalue weighted by molar-refractivity contribution is 5.75. The van der Waals surface area contributed by atoms with E-state index in [-0.39, 0.29) is 5.78 Å². The zero-order chi connectivity index (χ0) is 20.9.